The quantitative estimate of drug-likeness (QED) is 0.737. The van der Waals surface area contributed by atoms with Crippen LogP contribution in [0.1, 0.15) is 5.82 Å². The molecule has 0 saturated carbocycles. The maximum Gasteiger partial charge on any atom is 0.199 e. The molecule has 2 heterocycles. The summed E-state index contributed by atoms with van der Waals surface area (Å²) < 4.78 is 0. The summed E-state index contributed by atoms with van der Waals surface area (Å²) in [5, 5.41) is 16.5. The molecule has 0 spiro atoms. The van der Waals surface area contributed by atoms with E-state index in [1.165, 1.54) is 0 Å². The van der Waals surface area contributed by atoms with Crippen molar-refractivity contribution in [2.24, 2.45) is 0 Å². The molecule has 5 nitrogen and oxygen atoms in total. The van der Waals surface area contributed by atoms with Gasteiger partial charge in [0.2, 0.25) is 0 Å². The number of H-pyrrole nitrogens is 1. The van der Waals surface area contributed by atoms with Gasteiger partial charge in [-0.1, -0.05) is 24.3 Å². The van der Waals surface area contributed by atoms with Crippen molar-refractivity contribution in [2.45, 2.75) is 6.42 Å². The molecule has 2 aromatic heterocycles. The third-order valence-electron chi connectivity index (χ3n) is 2.61. The predicted molar refractivity (Wildman–Crippen MR) is 66.4 cm³/mol. The normalized spacial score (nSPS) is 10.4. The van der Waals surface area contributed by atoms with E-state index in [1.54, 1.807) is 0 Å². The van der Waals surface area contributed by atoms with E-state index in [4.69, 9.17) is 5.26 Å². The summed E-state index contributed by atoms with van der Waals surface area (Å²) in [6.45, 7) is 0. The lowest BCUT2D eigenvalue weighted by Crippen LogP contribution is -1.87. The molecule has 0 unspecified atom stereocenters. The van der Waals surface area contributed by atoms with Gasteiger partial charge in [-0.3, -0.25) is 5.10 Å². The third kappa shape index (κ3) is 1.80. The van der Waals surface area contributed by atoms with Gasteiger partial charge in [0.15, 0.2) is 5.82 Å². The lowest BCUT2D eigenvalue weighted by molar-refractivity contribution is 0.995. The first kappa shape index (κ1) is 10.4. The number of hydrogen-bond donors (Lipinski definition) is 1. The van der Waals surface area contributed by atoms with Crippen molar-refractivity contribution in [3.63, 3.8) is 0 Å². The monoisotopic (exact) mass is 235 g/mol. The van der Waals surface area contributed by atoms with Crippen LogP contribution in [0.2, 0.25) is 0 Å². The average Bonchev–Trinajstić information content (AvgIpc) is 2.87. The summed E-state index contributed by atoms with van der Waals surface area (Å²) in [6, 6.07) is 13.8. The molecule has 1 N–H and O–H groups in total. The van der Waals surface area contributed by atoms with E-state index in [2.05, 4.69) is 20.2 Å². The Morgan fingerprint density at radius 2 is 2.00 bits per heavy atom. The van der Waals surface area contributed by atoms with Crippen LogP contribution in [0.25, 0.3) is 22.4 Å². The van der Waals surface area contributed by atoms with Crippen molar-refractivity contribution >= 4 is 10.9 Å². The van der Waals surface area contributed by atoms with Crippen LogP contribution >= 0.6 is 0 Å². The largest absolute Gasteiger partial charge is 0.262 e. The molecule has 5 heteroatoms. The maximum atomic E-state index is 8.59. The predicted octanol–water partition coefficient (Wildman–Crippen LogP) is 2.09. The van der Waals surface area contributed by atoms with Crippen LogP contribution in [-0.2, 0) is 6.42 Å². The fraction of sp³-hybridized carbons (Fsp3) is 0.0769. The lowest BCUT2D eigenvalue weighted by Gasteiger charge is -1.98. The topological polar surface area (TPSA) is 78.2 Å². The van der Waals surface area contributed by atoms with Crippen molar-refractivity contribution in [3.8, 4) is 17.6 Å². The summed E-state index contributed by atoms with van der Waals surface area (Å²) in [4.78, 5) is 8.72. The summed E-state index contributed by atoms with van der Waals surface area (Å²) in [7, 11) is 0. The lowest BCUT2D eigenvalue weighted by atomic mass is 10.2. The van der Waals surface area contributed by atoms with E-state index in [0.29, 0.717) is 17.3 Å². The van der Waals surface area contributed by atoms with Crippen molar-refractivity contribution in [3.05, 3.63) is 42.2 Å². The molecule has 0 aliphatic carbocycles. The van der Waals surface area contributed by atoms with Crippen LogP contribution in [0.4, 0.5) is 0 Å². The van der Waals surface area contributed by atoms with E-state index in [0.717, 1.165) is 10.9 Å². The first-order valence-electron chi connectivity index (χ1n) is 5.51. The van der Waals surface area contributed by atoms with E-state index in [1.807, 2.05) is 42.5 Å². The number of nitriles is 1. The molecule has 0 amide bonds. The highest BCUT2D eigenvalue weighted by molar-refractivity contribution is 5.80. The Morgan fingerprint density at radius 1 is 1.11 bits per heavy atom. The van der Waals surface area contributed by atoms with Crippen LogP contribution in [0, 0.1) is 11.3 Å². The highest BCUT2D eigenvalue weighted by atomic mass is 15.2. The number of para-hydroxylation sites is 1. The van der Waals surface area contributed by atoms with Crippen molar-refractivity contribution in [2.75, 3.05) is 0 Å². The number of rotatable bonds is 2. The molecular weight excluding hydrogens is 226 g/mol. The van der Waals surface area contributed by atoms with Gasteiger partial charge in [0.1, 0.15) is 11.5 Å². The second-order valence-electron chi connectivity index (χ2n) is 3.83. The molecular formula is C13H9N5. The Labute approximate surface area is 103 Å². The molecule has 86 valence electrons. The second-order valence-corrected chi connectivity index (χ2v) is 3.83. The van der Waals surface area contributed by atoms with Gasteiger partial charge in [-0.25, -0.2) is 9.97 Å². The molecule has 0 aliphatic heterocycles. The standard InChI is InChI=1S/C13H9N5/c14-8-7-12-16-13(18-17-12)11-6-5-9-3-1-2-4-10(9)15-11/h1-6H,7H2,(H,16,17,18). The minimum atomic E-state index is 0.223. The van der Waals surface area contributed by atoms with Crippen LogP contribution in [0.5, 0.6) is 0 Å². The molecule has 1 aromatic carbocycles. The fourth-order valence-electron chi connectivity index (χ4n) is 1.75. The van der Waals surface area contributed by atoms with Crippen LogP contribution in [0.3, 0.4) is 0 Å². The Hall–Kier alpha value is -2.74. The van der Waals surface area contributed by atoms with Gasteiger partial charge >= 0.3 is 0 Å². The van der Waals surface area contributed by atoms with Gasteiger partial charge in [0.05, 0.1) is 18.0 Å². The molecule has 0 radical (unpaired) electrons. The van der Waals surface area contributed by atoms with Gasteiger partial charge in [0.25, 0.3) is 0 Å². The van der Waals surface area contributed by atoms with Crippen molar-refractivity contribution < 1.29 is 0 Å². The number of aromatic amines is 1. The summed E-state index contributed by atoms with van der Waals surface area (Å²) in [5.74, 6) is 1.08. The molecule has 0 bridgehead atoms. The van der Waals surface area contributed by atoms with Crippen LogP contribution < -0.4 is 0 Å². The average molecular weight is 235 g/mol. The minimum absolute atomic E-state index is 0.223. The second kappa shape index (κ2) is 4.26. The summed E-state index contributed by atoms with van der Waals surface area (Å²) in [5.41, 5.74) is 1.61. The van der Waals surface area contributed by atoms with Crippen LogP contribution in [0.15, 0.2) is 36.4 Å². The Balaban J connectivity index is 2.05. The van der Waals surface area contributed by atoms with Crippen molar-refractivity contribution in [1.82, 2.24) is 20.2 Å². The smallest absolute Gasteiger partial charge is 0.199 e. The molecule has 0 atom stereocenters. The number of benzene rings is 1. The first-order chi connectivity index (χ1) is 8.86. The van der Waals surface area contributed by atoms with Gasteiger partial charge in [-0.2, -0.15) is 10.4 Å². The van der Waals surface area contributed by atoms with E-state index in [9.17, 15) is 0 Å². The molecule has 3 aromatic rings. The molecule has 3 rings (SSSR count). The Kier molecular flexibility index (Phi) is 2.47. The summed E-state index contributed by atoms with van der Waals surface area (Å²) >= 11 is 0. The van der Waals surface area contributed by atoms with E-state index < -0.39 is 0 Å². The molecule has 0 fully saturated rings. The van der Waals surface area contributed by atoms with E-state index >= 15 is 0 Å². The van der Waals surface area contributed by atoms with Gasteiger partial charge in [-0.15, -0.1) is 0 Å². The Morgan fingerprint density at radius 3 is 2.89 bits per heavy atom. The number of nitrogens with one attached hydrogen (secondary N) is 1. The molecule has 18 heavy (non-hydrogen) atoms. The number of fused-ring (bicyclic) bond motifs is 1. The third-order valence-corrected chi connectivity index (χ3v) is 2.61. The number of nitrogens with zero attached hydrogens (tertiary/aromatic N) is 4. The minimum Gasteiger partial charge on any atom is -0.262 e. The van der Waals surface area contributed by atoms with Gasteiger partial charge in [0, 0.05) is 5.39 Å². The van der Waals surface area contributed by atoms with E-state index in [-0.39, 0.29) is 6.42 Å². The van der Waals surface area contributed by atoms with Gasteiger partial charge in [-0.05, 0) is 12.1 Å². The molecule has 0 aliphatic rings. The zero-order valence-electron chi connectivity index (χ0n) is 9.46. The van der Waals surface area contributed by atoms with Gasteiger partial charge < -0.3 is 0 Å². The van der Waals surface area contributed by atoms with Crippen molar-refractivity contribution in [1.29, 1.82) is 5.26 Å². The summed E-state index contributed by atoms with van der Waals surface area (Å²) in [6.07, 6.45) is 0.223. The number of pyridine rings is 1. The highest BCUT2D eigenvalue weighted by Crippen LogP contribution is 2.17. The fourth-order valence-corrected chi connectivity index (χ4v) is 1.75. The maximum absolute atomic E-state index is 8.59. The first-order valence-corrected chi connectivity index (χ1v) is 5.51. The zero-order chi connectivity index (χ0) is 12.4. The number of aromatic nitrogens is 4. The van der Waals surface area contributed by atoms with Crippen LogP contribution in [-0.4, -0.2) is 20.2 Å². The zero-order valence-corrected chi connectivity index (χ0v) is 9.46. The molecule has 0 saturated heterocycles. The highest BCUT2D eigenvalue weighted by Gasteiger charge is 2.07. The number of hydrogen-bond acceptors (Lipinski definition) is 4. The Bertz CT molecular complexity index is 738. The SMILES string of the molecule is N#CCc1nc(-c2ccc3ccccc3n2)n[nH]1.